The molecule has 21 heteroatoms. The normalized spacial score (nSPS) is 21.6. The van der Waals surface area contributed by atoms with Crippen molar-refractivity contribution in [3.8, 4) is 5.75 Å². The summed E-state index contributed by atoms with van der Waals surface area (Å²) >= 11 is 29.7. The van der Waals surface area contributed by atoms with E-state index in [0.29, 0.717) is 0 Å². The van der Waals surface area contributed by atoms with E-state index in [0.717, 1.165) is 23.0 Å². The van der Waals surface area contributed by atoms with E-state index in [4.69, 9.17) is 9.47 Å². The van der Waals surface area contributed by atoms with Gasteiger partial charge in [0.25, 0.3) is 0 Å². The number of hydrogen-bond donors (Lipinski definition) is 1. The summed E-state index contributed by atoms with van der Waals surface area (Å²) in [7, 11) is 0. The van der Waals surface area contributed by atoms with Gasteiger partial charge in [-0.1, -0.05) is 94.1 Å². The lowest BCUT2D eigenvalue weighted by Crippen LogP contribution is -2.19. The molecule has 6 aliphatic heterocycles. The topological polar surface area (TPSA) is 72.8 Å². The average Bonchev–Trinajstić information content (AvgIpc) is 3.94. The standard InChI is InChI=1S/C32H30O5S16/c1-38-21-22(39-2)47-29(46-21)31-50-25-26(51-31)43-11-14(10-42-25)8-36-19(34)16-5-17(7-18(33)6-16)20(35)37-9-15-12-44-27-28(45-13-15)53-32(52-27)30-48-23(40-3)24(41-4)49-30/h5-7,14-15,33H,8-13H2,1-4H3. The van der Waals surface area contributed by atoms with Crippen molar-refractivity contribution in [3.63, 3.8) is 0 Å². The maximum Gasteiger partial charge on any atom is 0.338 e. The van der Waals surface area contributed by atoms with Crippen molar-refractivity contribution in [2.45, 2.75) is 0 Å². The number of hydrogen-bond acceptors (Lipinski definition) is 21. The van der Waals surface area contributed by atoms with E-state index in [9.17, 15) is 14.7 Å². The zero-order chi connectivity index (χ0) is 37.1. The maximum atomic E-state index is 13.1. The quantitative estimate of drug-likeness (QED) is 0.226. The highest BCUT2D eigenvalue weighted by Gasteiger charge is 2.34. The van der Waals surface area contributed by atoms with Gasteiger partial charge in [-0.15, -0.1) is 94.1 Å². The molecule has 1 N–H and O–H groups in total. The molecule has 0 bridgehead atoms. The Morgan fingerprint density at radius 2 is 0.830 bits per heavy atom. The molecule has 0 aromatic heterocycles. The predicted molar refractivity (Wildman–Crippen MR) is 262 cm³/mol. The molecule has 284 valence electrons. The fourth-order valence-electron chi connectivity index (χ4n) is 4.74. The minimum absolute atomic E-state index is 0.145. The lowest BCUT2D eigenvalue weighted by molar-refractivity contribution is 0.0461. The molecular weight excluding hydrogens is 977 g/mol. The molecule has 0 atom stereocenters. The summed E-state index contributed by atoms with van der Waals surface area (Å²) in [6.07, 6.45) is 8.56. The fraction of sp³-hybridized carbons (Fsp3) is 0.375. The first kappa shape index (κ1) is 43.1. The summed E-state index contributed by atoms with van der Waals surface area (Å²) in [5, 5.41) is 10.4. The predicted octanol–water partition coefficient (Wildman–Crippen LogP) is 14.0. The van der Waals surface area contributed by atoms with Crippen LogP contribution in [0.3, 0.4) is 0 Å². The Labute approximate surface area is 378 Å². The van der Waals surface area contributed by atoms with Crippen molar-refractivity contribution < 1.29 is 24.2 Å². The fourth-order valence-corrected chi connectivity index (χ4v) is 27.7. The third-order valence-electron chi connectivity index (χ3n) is 7.31. The van der Waals surface area contributed by atoms with E-state index >= 15 is 0 Å². The van der Waals surface area contributed by atoms with Crippen molar-refractivity contribution >= 4 is 200 Å². The van der Waals surface area contributed by atoms with Crippen LogP contribution in [0.25, 0.3) is 0 Å². The first-order valence-corrected chi connectivity index (χ1v) is 30.9. The molecule has 0 saturated heterocycles. The van der Waals surface area contributed by atoms with E-state index in [2.05, 4.69) is 25.0 Å². The number of phenols is 1. The van der Waals surface area contributed by atoms with Crippen molar-refractivity contribution in [2.24, 2.45) is 11.8 Å². The zero-order valence-corrected chi connectivity index (χ0v) is 41.3. The molecule has 0 radical (unpaired) electrons. The number of carbonyl (C=O) groups is 2. The minimum Gasteiger partial charge on any atom is -0.508 e. The van der Waals surface area contributed by atoms with E-state index < -0.39 is 11.9 Å². The van der Waals surface area contributed by atoms with E-state index in [1.54, 1.807) is 0 Å². The van der Waals surface area contributed by atoms with Gasteiger partial charge in [0.1, 0.15) is 5.75 Å². The van der Waals surface area contributed by atoms with Gasteiger partial charge in [0.05, 0.1) is 75.2 Å². The Morgan fingerprint density at radius 1 is 0.528 bits per heavy atom. The van der Waals surface area contributed by atoms with Crippen LogP contribution in [0.2, 0.25) is 0 Å². The van der Waals surface area contributed by atoms with Crippen molar-refractivity contribution in [1.29, 1.82) is 0 Å². The number of rotatable bonds is 10. The van der Waals surface area contributed by atoms with Gasteiger partial charge in [0.2, 0.25) is 0 Å². The highest BCUT2D eigenvalue weighted by Crippen LogP contribution is 2.68. The van der Waals surface area contributed by atoms with E-state index in [-0.39, 0.29) is 41.9 Å². The molecule has 0 fully saturated rings. The number of phenolic OH excluding ortho intramolecular Hbond substituents is 1. The summed E-state index contributed by atoms with van der Waals surface area (Å²) < 4.78 is 27.9. The summed E-state index contributed by atoms with van der Waals surface area (Å²) in [6.45, 7) is 0.552. The molecule has 6 aliphatic rings. The van der Waals surface area contributed by atoms with Crippen LogP contribution in [0.5, 0.6) is 5.75 Å². The van der Waals surface area contributed by atoms with Crippen LogP contribution in [0.4, 0.5) is 0 Å². The smallest absolute Gasteiger partial charge is 0.338 e. The van der Waals surface area contributed by atoms with Gasteiger partial charge in [-0.3, -0.25) is 0 Å². The number of ether oxygens (including phenoxy) is 2. The van der Waals surface area contributed by atoms with Gasteiger partial charge in [0, 0.05) is 34.8 Å². The number of aromatic hydroxyl groups is 1. The van der Waals surface area contributed by atoms with Gasteiger partial charge < -0.3 is 14.6 Å². The number of thioether (sulfide) groups is 16. The van der Waals surface area contributed by atoms with Gasteiger partial charge >= 0.3 is 11.9 Å². The van der Waals surface area contributed by atoms with Crippen LogP contribution < -0.4 is 0 Å². The monoisotopic (exact) mass is 1010 g/mol. The SMILES string of the molecule is CSC1=C(SC)SC(=C2SC3=C(SCC(COC(=O)c4cc(O)cc(C(=O)OCC5CSC6=C(SC5)SC(=C5SC(SC)=C(SC)S5)S6)c4)CS3)S2)S1. The largest absolute Gasteiger partial charge is 0.508 e. The second kappa shape index (κ2) is 20.5. The lowest BCUT2D eigenvalue weighted by atomic mass is 10.1. The summed E-state index contributed by atoms with van der Waals surface area (Å²) in [4.78, 5) is 26.3. The molecule has 0 saturated carbocycles. The van der Waals surface area contributed by atoms with Gasteiger partial charge in [-0.2, -0.15) is 0 Å². The molecule has 6 heterocycles. The summed E-state index contributed by atoms with van der Waals surface area (Å²) in [5.74, 6) is 2.54. The van der Waals surface area contributed by atoms with Crippen LogP contribution in [0.15, 0.2) is 69.0 Å². The molecule has 5 nitrogen and oxygen atoms in total. The molecular formula is C32H30O5S16. The minimum atomic E-state index is -0.552. The molecule has 1 aromatic carbocycles. The first-order valence-electron chi connectivity index (χ1n) is 15.5. The summed E-state index contributed by atoms with van der Waals surface area (Å²) in [5.41, 5.74) is 0.290. The Morgan fingerprint density at radius 3 is 1.13 bits per heavy atom. The number of benzene rings is 1. The third-order valence-corrected chi connectivity index (χ3v) is 30.8. The maximum absolute atomic E-state index is 13.1. The molecule has 53 heavy (non-hydrogen) atoms. The highest BCUT2D eigenvalue weighted by molar-refractivity contribution is 8.46. The van der Waals surface area contributed by atoms with E-state index in [1.165, 1.54) is 69.0 Å². The second-order valence-corrected chi connectivity index (χ2v) is 29.7. The molecule has 0 spiro atoms. The number of carbonyl (C=O) groups excluding carboxylic acids is 2. The Balaban J connectivity index is 0.854. The van der Waals surface area contributed by atoms with Crippen LogP contribution in [0.1, 0.15) is 20.7 Å². The summed E-state index contributed by atoms with van der Waals surface area (Å²) in [6, 6.07) is 4.16. The highest BCUT2D eigenvalue weighted by atomic mass is 32.3. The number of esters is 2. The Kier molecular flexibility index (Phi) is 16.7. The molecule has 1 aromatic rings. The van der Waals surface area contributed by atoms with Crippen molar-refractivity contribution in [3.05, 3.63) is 80.2 Å². The Hall–Kier alpha value is 2.00. The van der Waals surface area contributed by atoms with Crippen LogP contribution in [0, 0.1) is 11.8 Å². The van der Waals surface area contributed by atoms with Gasteiger partial charge in [0.15, 0.2) is 0 Å². The molecule has 0 amide bonds. The molecule has 0 unspecified atom stereocenters. The molecule has 7 rings (SSSR count). The van der Waals surface area contributed by atoms with Crippen molar-refractivity contribution in [1.82, 2.24) is 0 Å². The average molecular weight is 1010 g/mol. The van der Waals surface area contributed by atoms with Crippen LogP contribution >= 0.6 is 188 Å². The van der Waals surface area contributed by atoms with Crippen LogP contribution in [-0.4, -0.2) is 78.3 Å². The van der Waals surface area contributed by atoms with Gasteiger partial charge in [-0.25, -0.2) is 9.59 Å². The Bertz CT molecular complexity index is 1660. The molecule has 0 aliphatic carbocycles. The lowest BCUT2D eigenvalue weighted by Gasteiger charge is -2.16. The van der Waals surface area contributed by atoms with Crippen LogP contribution in [-0.2, 0) is 9.47 Å². The van der Waals surface area contributed by atoms with Crippen molar-refractivity contribution in [2.75, 3.05) is 61.2 Å². The second-order valence-electron chi connectivity index (χ2n) is 11.0. The van der Waals surface area contributed by atoms with Gasteiger partial charge in [-0.05, 0) is 43.2 Å². The zero-order valence-electron chi connectivity index (χ0n) is 28.2. The first-order chi connectivity index (χ1) is 25.7. The van der Waals surface area contributed by atoms with E-state index in [1.807, 2.05) is 188 Å². The third kappa shape index (κ3) is 10.9.